The van der Waals surface area contributed by atoms with Gasteiger partial charge in [0.25, 0.3) is 5.91 Å². The van der Waals surface area contributed by atoms with E-state index in [1.54, 1.807) is 24.3 Å². The molecule has 1 aliphatic carbocycles. The van der Waals surface area contributed by atoms with Gasteiger partial charge in [-0.25, -0.2) is 10.2 Å². The molecule has 4 rings (SSSR count). The van der Waals surface area contributed by atoms with Crippen molar-refractivity contribution in [3.63, 3.8) is 0 Å². The van der Waals surface area contributed by atoms with Crippen molar-refractivity contribution >= 4 is 33.5 Å². The molecule has 7 heteroatoms. The summed E-state index contributed by atoms with van der Waals surface area (Å²) in [5, 5.41) is 4.36. The van der Waals surface area contributed by atoms with Crippen LogP contribution in [0.4, 0.5) is 0 Å². The lowest BCUT2D eigenvalue weighted by Gasteiger charge is -2.13. The lowest BCUT2D eigenvalue weighted by molar-refractivity contribution is 0.0698. The molecule has 1 aromatic heterocycles. The summed E-state index contributed by atoms with van der Waals surface area (Å²) in [6, 6.07) is 12.7. The average Bonchev–Trinajstić information content (AvgIpc) is 3.09. The minimum Gasteiger partial charge on any atom is -0.453 e. The molecule has 0 atom stereocenters. The van der Waals surface area contributed by atoms with Crippen LogP contribution in [0.3, 0.4) is 0 Å². The van der Waals surface area contributed by atoms with Gasteiger partial charge in [-0.3, -0.25) is 4.79 Å². The lowest BCUT2D eigenvalue weighted by Crippen LogP contribution is -2.22. The minimum absolute atomic E-state index is 0.169. The fourth-order valence-corrected chi connectivity index (χ4v) is 4.17. The zero-order valence-corrected chi connectivity index (χ0v) is 19.7. The van der Waals surface area contributed by atoms with Gasteiger partial charge in [0.15, 0.2) is 0 Å². The lowest BCUT2D eigenvalue weighted by atomic mass is 9.93. The van der Waals surface area contributed by atoms with Crippen molar-refractivity contribution in [2.75, 3.05) is 0 Å². The van der Waals surface area contributed by atoms with Crippen LogP contribution in [0.25, 0.3) is 0 Å². The van der Waals surface area contributed by atoms with Crippen LogP contribution in [0.15, 0.2) is 56.5 Å². The summed E-state index contributed by atoms with van der Waals surface area (Å²) in [7, 11) is 0. The molecule has 0 radical (unpaired) electrons. The number of ether oxygens (including phenoxy) is 1. The smallest absolute Gasteiger partial charge is 0.379 e. The minimum atomic E-state index is -0.542. The van der Waals surface area contributed by atoms with E-state index in [1.165, 1.54) is 0 Å². The van der Waals surface area contributed by atoms with E-state index in [1.807, 2.05) is 39.0 Å². The Hall–Kier alpha value is -3.19. The highest BCUT2D eigenvalue weighted by Crippen LogP contribution is 2.31. The summed E-state index contributed by atoms with van der Waals surface area (Å²) in [6.07, 6.45) is 2.20. The van der Waals surface area contributed by atoms with Gasteiger partial charge in [-0.15, -0.1) is 0 Å². The molecule has 0 saturated heterocycles. The molecule has 32 heavy (non-hydrogen) atoms. The largest absolute Gasteiger partial charge is 0.453 e. The second-order valence-corrected chi connectivity index (χ2v) is 8.84. The Morgan fingerprint density at radius 2 is 1.72 bits per heavy atom. The van der Waals surface area contributed by atoms with Gasteiger partial charge in [0.2, 0.25) is 5.76 Å². The molecule has 2 aromatic carbocycles. The number of fused-ring (bicyclic) bond motifs is 1. The van der Waals surface area contributed by atoms with Crippen molar-refractivity contribution in [3.8, 4) is 5.75 Å². The first-order chi connectivity index (χ1) is 15.3. The summed E-state index contributed by atoms with van der Waals surface area (Å²) in [5.74, 6) is 0.505. The Kier molecular flexibility index (Phi) is 6.28. The average molecular weight is 495 g/mol. The maximum absolute atomic E-state index is 12.8. The molecule has 0 aliphatic heterocycles. The number of benzene rings is 2. The van der Waals surface area contributed by atoms with Gasteiger partial charge in [0, 0.05) is 27.6 Å². The topological polar surface area (TPSA) is 80.9 Å². The Labute approximate surface area is 194 Å². The van der Waals surface area contributed by atoms with E-state index in [-0.39, 0.29) is 11.7 Å². The summed E-state index contributed by atoms with van der Waals surface area (Å²) >= 11 is 3.36. The van der Waals surface area contributed by atoms with Gasteiger partial charge >= 0.3 is 5.97 Å². The van der Waals surface area contributed by atoms with Crippen LogP contribution < -0.4 is 10.2 Å². The zero-order valence-electron chi connectivity index (χ0n) is 18.1. The number of nitrogens with one attached hydrogen (secondary N) is 1. The molecule has 1 amide bonds. The third-order valence-electron chi connectivity index (χ3n) is 5.32. The number of carbonyl (C=O) groups excluding carboxylic acids is 2. The first-order valence-corrected chi connectivity index (χ1v) is 11.2. The maximum Gasteiger partial charge on any atom is 0.379 e. The number of furan rings is 1. The number of carbonyl (C=O) groups is 2. The fourth-order valence-electron chi connectivity index (χ4n) is 3.90. The molecular weight excluding hydrogens is 472 g/mol. The highest BCUT2D eigenvalue weighted by molar-refractivity contribution is 9.10. The van der Waals surface area contributed by atoms with Crippen LogP contribution in [0, 0.1) is 20.8 Å². The van der Waals surface area contributed by atoms with Crippen LogP contribution in [-0.2, 0) is 6.42 Å². The van der Waals surface area contributed by atoms with Crippen molar-refractivity contribution < 1.29 is 18.7 Å². The Morgan fingerprint density at radius 1 is 1.03 bits per heavy atom. The number of hydrogen-bond donors (Lipinski definition) is 1. The first kappa shape index (κ1) is 22.0. The van der Waals surface area contributed by atoms with E-state index >= 15 is 0 Å². The highest BCUT2D eigenvalue weighted by Gasteiger charge is 2.29. The monoisotopic (exact) mass is 494 g/mol. The number of aryl methyl sites for hydroxylation is 3. The molecular formula is C25H23BrN2O4. The summed E-state index contributed by atoms with van der Waals surface area (Å²) in [4.78, 5) is 25.3. The van der Waals surface area contributed by atoms with Crippen LogP contribution in [-0.4, -0.2) is 17.6 Å². The molecule has 0 unspecified atom stereocenters. The number of amides is 1. The van der Waals surface area contributed by atoms with Gasteiger partial charge in [-0.05, 0) is 81.1 Å². The quantitative estimate of drug-likeness (QED) is 0.288. The molecule has 164 valence electrons. The second kappa shape index (κ2) is 9.12. The van der Waals surface area contributed by atoms with Crippen molar-refractivity contribution in [2.45, 2.75) is 40.0 Å². The maximum atomic E-state index is 12.8. The molecule has 1 heterocycles. The van der Waals surface area contributed by atoms with Crippen molar-refractivity contribution in [1.82, 2.24) is 5.43 Å². The van der Waals surface area contributed by atoms with Crippen LogP contribution in [0.1, 0.15) is 61.8 Å². The first-order valence-electron chi connectivity index (χ1n) is 10.4. The van der Waals surface area contributed by atoms with Gasteiger partial charge in [0.05, 0.1) is 5.71 Å². The Morgan fingerprint density at radius 3 is 2.41 bits per heavy atom. The summed E-state index contributed by atoms with van der Waals surface area (Å²) in [5.41, 5.74) is 7.31. The number of nitrogens with zero attached hydrogens (tertiary/aromatic N) is 1. The molecule has 0 spiro atoms. The predicted molar refractivity (Wildman–Crippen MR) is 125 cm³/mol. The Bertz CT molecular complexity index is 1210. The SMILES string of the molecule is Cc1cc(C)cc(OC(=O)c2oc3c(c2C)/C(=N/NC(=O)c2ccc(Br)cc2)CCC3)c1. The normalized spacial score (nSPS) is 14.2. The van der Waals surface area contributed by atoms with Gasteiger partial charge in [-0.1, -0.05) is 22.0 Å². The van der Waals surface area contributed by atoms with E-state index in [0.29, 0.717) is 41.2 Å². The number of hydrazone groups is 1. The summed E-state index contributed by atoms with van der Waals surface area (Å²) < 4.78 is 12.4. The van der Waals surface area contributed by atoms with Crippen molar-refractivity contribution in [2.24, 2.45) is 5.10 Å². The predicted octanol–water partition coefficient (Wildman–Crippen LogP) is 5.66. The summed E-state index contributed by atoms with van der Waals surface area (Å²) in [6.45, 7) is 5.72. The third kappa shape index (κ3) is 4.67. The van der Waals surface area contributed by atoms with Gasteiger partial charge in [0.1, 0.15) is 11.5 Å². The second-order valence-electron chi connectivity index (χ2n) is 7.93. The highest BCUT2D eigenvalue weighted by atomic mass is 79.9. The van der Waals surface area contributed by atoms with E-state index in [0.717, 1.165) is 27.6 Å². The molecule has 0 bridgehead atoms. The van der Waals surface area contributed by atoms with E-state index in [4.69, 9.17) is 9.15 Å². The molecule has 1 N–H and O–H groups in total. The molecule has 0 fully saturated rings. The zero-order chi connectivity index (χ0) is 22.8. The van der Waals surface area contributed by atoms with Crippen molar-refractivity contribution in [1.29, 1.82) is 0 Å². The molecule has 1 aliphatic rings. The number of esters is 1. The van der Waals surface area contributed by atoms with Crippen LogP contribution >= 0.6 is 15.9 Å². The fraction of sp³-hybridized carbons (Fsp3) is 0.240. The van der Waals surface area contributed by atoms with Gasteiger partial charge in [-0.2, -0.15) is 5.10 Å². The standard InChI is InChI=1S/C25H23BrN2O4/c1-14-11-15(2)13-19(12-14)31-25(30)23-16(3)22-20(5-4-6-21(22)32-23)27-28-24(29)17-7-9-18(26)10-8-17/h7-13H,4-6H2,1-3H3,(H,28,29)/b27-20+. The third-order valence-corrected chi connectivity index (χ3v) is 5.84. The van der Waals surface area contributed by atoms with E-state index in [2.05, 4.69) is 26.5 Å². The molecule has 6 nitrogen and oxygen atoms in total. The number of hydrogen-bond acceptors (Lipinski definition) is 5. The Balaban J connectivity index is 1.57. The van der Waals surface area contributed by atoms with Crippen LogP contribution in [0.2, 0.25) is 0 Å². The molecule has 3 aromatic rings. The van der Waals surface area contributed by atoms with Crippen molar-refractivity contribution in [3.05, 3.63) is 86.3 Å². The molecule has 0 saturated carbocycles. The number of rotatable bonds is 4. The van der Waals surface area contributed by atoms with E-state index in [9.17, 15) is 9.59 Å². The van der Waals surface area contributed by atoms with E-state index < -0.39 is 5.97 Å². The van der Waals surface area contributed by atoms with Crippen LogP contribution in [0.5, 0.6) is 5.75 Å². The van der Waals surface area contributed by atoms with Gasteiger partial charge < -0.3 is 9.15 Å². The number of halogens is 1.